The number of rotatable bonds is 6. The van der Waals surface area contributed by atoms with Crippen molar-refractivity contribution in [3.63, 3.8) is 0 Å². The van der Waals surface area contributed by atoms with Crippen LogP contribution in [-0.4, -0.2) is 40.5 Å². The third kappa shape index (κ3) is 3.51. The Morgan fingerprint density at radius 3 is 2.66 bits per heavy atom. The smallest absolute Gasteiger partial charge is 0.251 e. The normalized spacial score (nSPS) is 22.7. The van der Waals surface area contributed by atoms with Crippen molar-refractivity contribution in [3.8, 4) is 0 Å². The van der Waals surface area contributed by atoms with Crippen LogP contribution in [0.2, 0.25) is 0 Å². The van der Waals surface area contributed by atoms with Gasteiger partial charge in [0.15, 0.2) is 0 Å². The second kappa shape index (κ2) is 7.04. The van der Waals surface area contributed by atoms with Crippen molar-refractivity contribution in [1.82, 2.24) is 20.3 Å². The Bertz CT molecular complexity index is 1060. The Morgan fingerprint density at radius 2 is 1.93 bits per heavy atom. The number of carbonyl (C=O) groups is 1. The number of piperidine rings is 1. The summed E-state index contributed by atoms with van der Waals surface area (Å²) in [5.41, 5.74) is 7.32. The van der Waals surface area contributed by atoms with E-state index in [2.05, 4.69) is 25.2 Å². The first kappa shape index (κ1) is 17.9. The lowest BCUT2D eigenvalue weighted by molar-refractivity contribution is 0.0999. The minimum atomic E-state index is -0.514. The number of amides is 1. The Balaban J connectivity index is 1.11. The maximum atomic E-state index is 13.3. The van der Waals surface area contributed by atoms with Crippen molar-refractivity contribution in [1.29, 1.82) is 0 Å². The van der Waals surface area contributed by atoms with Crippen LogP contribution >= 0.6 is 0 Å². The lowest BCUT2D eigenvalue weighted by Crippen LogP contribution is -2.29. The number of benzene rings is 1. The monoisotopic (exact) mass is 392 g/mol. The molecule has 8 heteroatoms. The molecule has 2 aromatic heterocycles. The first-order chi connectivity index (χ1) is 14.1. The number of primary amides is 1. The van der Waals surface area contributed by atoms with Gasteiger partial charge < -0.3 is 16.0 Å². The molecule has 3 aromatic rings. The lowest BCUT2D eigenvalue weighted by Gasteiger charge is -2.19. The SMILES string of the molecule is NC(=O)c1cnc(N2CC3C(CNCc4ccc5cc(F)ccc5n4)C3C2)nc1. The summed E-state index contributed by atoms with van der Waals surface area (Å²) in [5, 5.41) is 4.32. The Morgan fingerprint density at radius 1 is 1.17 bits per heavy atom. The van der Waals surface area contributed by atoms with Gasteiger partial charge in [-0.15, -0.1) is 0 Å². The summed E-state index contributed by atoms with van der Waals surface area (Å²) in [6.07, 6.45) is 2.97. The molecule has 0 radical (unpaired) electrons. The summed E-state index contributed by atoms with van der Waals surface area (Å²) >= 11 is 0. The van der Waals surface area contributed by atoms with E-state index in [4.69, 9.17) is 5.73 Å². The third-order valence-corrected chi connectivity index (χ3v) is 5.97. The third-order valence-electron chi connectivity index (χ3n) is 5.97. The van der Waals surface area contributed by atoms with Gasteiger partial charge in [-0.1, -0.05) is 6.07 Å². The van der Waals surface area contributed by atoms with Crippen LogP contribution in [0.15, 0.2) is 42.7 Å². The summed E-state index contributed by atoms with van der Waals surface area (Å²) < 4.78 is 13.3. The molecule has 1 saturated heterocycles. The molecule has 2 atom stereocenters. The number of hydrogen-bond donors (Lipinski definition) is 2. The molecule has 3 heterocycles. The van der Waals surface area contributed by atoms with Crippen LogP contribution in [0.25, 0.3) is 10.9 Å². The predicted molar refractivity (Wildman–Crippen MR) is 107 cm³/mol. The van der Waals surface area contributed by atoms with Gasteiger partial charge in [0, 0.05) is 37.4 Å². The highest BCUT2D eigenvalue weighted by Crippen LogP contribution is 2.51. The van der Waals surface area contributed by atoms with E-state index in [1.165, 1.54) is 24.5 Å². The van der Waals surface area contributed by atoms with E-state index in [9.17, 15) is 9.18 Å². The fraction of sp³-hybridized carbons (Fsp3) is 0.333. The summed E-state index contributed by atoms with van der Waals surface area (Å²) in [6.45, 7) is 3.53. The van der Waals surface area contributed by atoms with Gasteiger partial charge in [-0.3, -0.25) is 9.78 Å². The lowest BCUT2D eigenvalue weighted by atomic mass is 10.2. The van der Waals surface area contributed by atoms with Crippen molar-refractivity contribution in [2.24, 2.45) is 23.5 Å². The summed E-state index contributed by atoms with van der Waals surface area (Å²) in [4.78, 5) is 26.4. The van der Waals surface area contributed by atoms with E-state index < -0.39 is 5.91 Å². The molecule has 1 aliphatic heterocycles. The molecule has 1 aliphatic carbocycles. The summed E-state index contributed by atoms with van der Waals surface area (Å²) in [7, 11) is 0. The van der Waals surface area contributed by atoms with E-state index in [0.717, 1.165) is 36.2 Å². The van der Waals surface area contributed by atoms with E-state index in [1.807, 2.05) is 12.1 Å². The highest BCUT2D eigenvalue weighted by Gasteiger charge is 2.55. The van der Waals surface area contributed by atoms with E-state index in [-0.39, 0.29) is 5.82 Å². The Hall–Kier alpha value is -3.13. The van der Waals surface area contributed by atoms with Crippen LogP contribution < -0.4 is 16.0 Å². The molecule has 3 N–H and O–H groups in total. The predicted octanol–water partition coefficient (Wildman–Crippen LogP) is 1.73. The molecule has 2 unspecified atom stereocenters. The van der Waals surface area contributed by atoms with Crippen LogP contribution in [0.3, 0.4) is 0 Å². The molecule has 2 fully saturated rings. The van der Waals surface area contributed by atoms with Crippen LogP contribution in [0.4, 0.5) is 10.3 Å². The van der Waals surface area contributed by atoms with Gasteiger partial charge in [-0.2, -0.15) is 0 Å². The van der Waals surface area contributed by atoms with Gasteiger partial charge in [-0.25, -0.2) is 14.4 Å². The number of fused-ring (bicyclic) bond motifs is 2. The number of carbonyl (C=O) groups excluding carboxylic acids is 1. The molecule has 7 nitrogen and oxygen atoms in total. The van der Waals surface area contributed by atoms with Gasteiger partial charge in [-0.05, 0) is 48.6 Å². The van der Waals surface area contributed by atoms with Crippen LogP contribution in [0, 0.1) is 23.6 Å². The number of pyridine rings is 1. The van der Waals surface area contributed by atoms with Crippen molar-refractivity contribution in [2.75, 3.05) is 24.5 Å². The first-order valence-electron chi connectivity index (χ1n) is 9.71. The standard InChI is InChI=1S/C21H21FN6O/c22-14-2-4-19-12(5-14)1-3-15(27-19)8-24-9-16-17-10-28(11-18(16)17)21-25-6-13(7-26-21)20(23)29/h1-7,16-18,24H,8-11H2,(H2,23,29). The van der Waals surface area contributed by atoms with Gasteiger partial charge >= 0.3 is 0 Å². The zero-order chi connectivity index (χ0) is 20.0. The number of nitrogens with one attached hydrogen (secondary N) is 1. The van der Waals surface area contributed by atoms with E-state index in [0.29, 0.717) is 35.8 Å². The number of nitrogens with zero attached hydrogens (tertiary/aromatic N) is 4. The quantitative estimate of drug-likeness (QED) is 0.663. The molecule has 5 rings (SSSR count). The fourth-order valence-corrected chi connectivity index (χ4v) is 4.33. The highest BCUT2D eigenvalue weighted by atomic mass is 19.1. The topological polar surface area (TPSA) is 97.0 Å². The maximum Gasteiger partial charge on any atom is 0.251 e. The molecular weight excluding hydrogens is 371 g/mol. The van der Waals surface area contributed by atoms with E-state index >= 15 is 0 Å². The molecular formula is C21H21FN6O. The largest absolute Gasteiger partial charge is 0.366 e. The van der Waals surface area contributed by atoms with Crippen LogP contribution in [-0.2, 0) is 6.54 Å². The number of nitrogens with two attached hydrogens (primary N) is 1. The zero-order valence-electron chi connectivity index (χ0n) is 15.8. The number of halogens is 1. The van der Waals surface area contributed by atoms with Crippen molar-refractivity contribution in [3.05, 3.63) is 59.8 Å². The second-order valence-corrected chi connectivity index (χ2v) is 7.80. The van der Waals surface area contributed by atoms with Crippen LogP contribution in [0.1, 0.15) is 16.1 Å². The average molecular weight is 392 g/mol. The van der Waals surface area contributed by atoms with Gasteiger partial charge in [0.2, 0.25) is 5.95 Å². The molecule has 0 bridgehead atoms. The van der Waals surface area contributed by atoms with Crippen molar-refractivity contribution >= 4 is 22.8 Å². The fourth-order valence-electron chi connectivity index (χ4n) is 4.33. The Kier molecular flexibility index (Phi) is 4.35. The van der Waals surface area contributed by atoms with Crippen molar-refractivity contribution in [2.45, 2.75) is 6.54 Å². The summed E-state index contributed by atoms with van der Waals surface area (Å²) in [5.74, 6) is 1.86. The zero-order valence-corrected chi connectivity index (χ0v) is 15.8. The maximum absolute atomic E-state index is 13.3. The minimum absolute atomic E-state index is 0.242. The van der Waals surface area contributed by atoms with Gasteiger partial charge in [0.05, 0.1) is 16.8 Å². The molecule has 2 aliphatic rings. The van der Waals surface area contributed by atoms with E-state index in [1.54, 1.807) is 6.07 Å². The van der Waals surface area contributed by atoms with Gasteiger partial charge in [0.25, 0.3) is 5.91 Å². The average Bonchev–Trinajstić information content (AvgIpc) is 3.17. The second-order valence-electron chi connectivity index (χ2n) is 7.80. The molecule has 1 amide bonds. The highest BCUT2D eigenvalue weighted by molar-refractivity contribution is 5.92. The van der Waals surface area contributed by atoms with Crippen molar-refractivity contribution < 1.29 is 9.18 Å². The molecule has 1 aromatic carbocycles. The summed E-state index contributed by atoms with van der Waals surface area (Å²) in [6, 6.07) is 8.51. The van der Waals surface area contributed by atoms with Gasteiger partial charge in [0.1, 0.15) is 5.82 Å². The Labute approximate surface area is 167 Å². The van der Waals surface area contributed by atoms with Crippen LogP contribution in [0.5, 0.6) is 0 Å². The number of anilines is 1. The minimum Gasteiger partial charge on any atom is -0.366 e. The number of aromatic nitrogens is 3. The molecule has 0 spiro atoms. The number of hydrogen-bond acceptors (Lipinski definition) is 6. The molecule has 29 heavy (non-hydrogen) atoms. The molecule has 1 saturated carbocycles. The molecule has 148 valence electrons. The first-order valence-corrected chi connectivity index (χ1v) is 9.71.